The van der Waals surface area contributed by atoms with Crippen molar-refractivity contribution in [3.05, 3.63) is 71.4 Å². The number of carbonyl (C=O) groups excluding carboxylic acids is 4. The van der Waals surface area contributed by atoms with Crippen molar-refractivity contribution in [2.24, 2.45) is 7.05 Å². The lowest BCUT2D eigenvalue weighted by Crippen LogP contribution is -2.28. The van der Waals surface area contributed by atoms with Gasteiger partial charge in [0.05, 0.1) is 28.9 Å². The van der Waals surface area contributed by atoms with Crippen LogP contribution in [0.15, 0.2) is 54.6 Å². The maximum absolute atomic E-state index is 13.2. The molecule has 0 radical (unpaired) electrons. The Kier molecular flexibility index (Phi) is 5.80. The Bertz CT molecular complexity index is 1570. The summed E-state index contributed by atoms with van der Waals surface area (Å²) in [6.45, 7) is 3.83. The highest BCUT2D eigenvalue weighted by Crippen LogP contribution is 2.38. The minimum atomic E-state index is -0.647. The molecule has 0 saturated carbocycles. The molecule has 8 nitrogen and oxygen atoms in total. The number of rotatable bonds is 5. The Morgan fingerprint density at radius 3 is 2.28 bits per heavy atom. The molecule has 0 N–H and O–H groups in total. The summed E-state index contributed by atoms with van der Waals surface area (Å²) < 4.78 is 13.1. The lowest BCUT2D eigenvalue weighted by molar-refractivity contribution is -0.121. The summed E-state index contributed by atoms with van der Waals surface area (Å²) in [6, 6.07) is 15.4. The van der Waals surface area contributed by atoms with E-state index < -0.39 is 11.9 Å². The number of ether oxygens (including phenoxy) is 2. The SMILES string of the molecule is CCOC(=O)c1c(C)n(C)c2c1cc(OC(=O)c1cccc(N3C(=O)CCC3=O)c1)c1ccccc12. The predicted molar refractivity (Wildman–Crippen MR) is 134 cm³/mol. The van der Waals surface area contributed by atoms with Gasteiger partial charge in [-0.3, -0.25) is 14.5 Å². The molecule has 0 unspecified atom stereocenters. The van der Waals surface area contributed by atoms with Gasteiger partial charge in [-0.1, -0.05) is 30.3 Å². The standard InChI is InChI=1S/C28H24N2O6/c1-4-35-28(34)25-16(2)29(3)26-20-11-6-5-10-19(20)22(15-21(25)26)36-27(33)17-8-7-9-18(14-17)30-23(31)12-13-24(30)32/h5-11,14-15H,4,12-13H2,1-3H3. The average Bonchev–Trinajstić information content (AvgIpc) is 3.34. The van der Waals surface area contributed by atoms with Gasteiger partial charge in [0.15, 0.2) is 0 Å². The van der Waals surface area contributed by atoms with Gasteiger partial charge >= 0.3 is 11.9 Å². The molecule has 3 aromatic carbocycles. The van der Waals surface area contributed by atoms with Crippen LogP contribution in [-0.2, 0) is 21.4 Å². The monoisotopic (exact) mass is 484 g/mol. The molecular weight excluding hydrogens is 460 g/mol. The minimum absolute atomic E-state index is 0.152. The van der Waals surface area contributed by atoms with Crippen molar-refractivity contribution in [2.75, 3.05) is 11.5 Å². The van der Waals surface area contributed by atoms with Crippen LogP contribution in [0.5, 0.6) is 5.75 Å². The summed E-state index contributed by atoms with van der Waals surface area (Å²) in [7, 11) is 1.88. The van der Waals surface area contributed by atoms with E-state index in [0.717, 1.165) is 21.5 Å². The quantitative estimate of drug-likeness (QED) is 0.232. The second-order valence-corrected chi connectivity index (χ2v) is 8.62. The Morgan fingerprint density at radius 2 is 1.58 bits per heavy atom. The van der Waals surface area contributed by atoms with E-state index in [1.54, 1.807) is 31.2 Å². The molecule has 4 aromatic rings. The van der Waals surface area contributed by atoms with Crippen LogP contribution in [-0.4, -0.2) is 34.9 Å². The molecular formula is C28H24N2O6. The minimum Gasteiger partial charge on any atom is -0.462 e. The fraction of sp³-hybridized carbons (Fsp3) is 0.214. The Labute approximate surface area is 207 Å². The van der Waals surface area contributed by atoms with E-state index in [1.165, 1.54) is 6.07 Å². The molecule has 1 aliphatic rings. The lowest BCUT2D eigenvalue weighted by Gasteiger charge is -2.15. The van der Waals surface area contributed by atoms with Gasteiger partial charge in [-0.2, -0.15) is 0 Å². The first kappa shape index (κ1) is 23.3. The fourth-order valence-electron chi connectivity index (χ4n) is 4.75. The summed E-state index contributed by atoms with van der Waals surface area (Å²) in [6.07, 6.45) is 0.303. The summed E-state index contributed by atoms with van der Waals surface area (Å²) >= 11 is 0. The van der Waals surface area contributed by atoms with E-state index in [-0.39, 0.29) is 42.6 Å². The third-order valence-electron chi connectivity index (χ3n) is 6.52. The van der Waals surface area contributed by atoms with Gasteiger partial charge in [0.2, 0.25) is 11.8 Å². The Morgan fingerprint density at radius 1 is 0.889 bits per heavy atom. The van der Waals surface area contributed by atoms with Gasteiger partial charge < -0.3 is 14.0 Å². The summed E-state index contributed by atoms with van der Waals surface area (Å²) in [5.41, 5.74) is 2.52. The van der Waals surface area contributed by atoms with Gasteiger partial charge in [-0.05, 0) is 38.1 Å². The van der Waals surface area contributed by atoms with Crippen LogP contribution < -0.4 is 9.64 Å². The summed E-state index contributed by atoms with van der Waals surface area (Å²) in [5, 5.41) is 2.15. The van der Waals surface area contributed by atoms with E-state index in [0.29, 0.717) is 22.0 Å². The van der Waals surface area contributed by atoms with Gasteiger partial charge in [-0.15, -0.1) is 0 Å². The third-order valence-corrected chi connectivity index (χ3v) is 6.52. The number of benzene rings is 3. The highest BCUT2D eigenvalue weighted by Gasteiger charge is 2.31. The fourth-order valence-corrected chi connectivity index (χ4v) is 4.75. The normalized spacial score (nSPS) is 13.6. The lowest BCUT2D eigenvalue weighted by atomic mass is 10.0. The van der Waals surface area contributed by atoms with Crippen LogP contribution in [0.25, 0.3) is 21.7 Å². The second kappa shape index (κ2) is 8.96. The number of imide groups is 1. The third kappa shape index (κ3) is 3.71. The topological polar surface area (TPSA) is 94.9 Å². The molecule has 1 saturated heterocycles. The van der Waals surface area contributed by atoms with Crippen LogP contribution in [0.3, 0.4) is 0 Å². The van der Waals surface area contributed by atoms with Crippen molar-refractivity contribution in [3.8, 4) is 5.75 Å². The van der Waals surface area contributed by atoms with E-state index in [1.807, 2.05) is 42.8 Å². The first-order chi connectivity index (χ1) is 17.3. The van der Waals surface area contributed by atoms with Crippen molar-refractivity contribution >= 4 is 51.1 Å². The Balaban J connectivity index is 1.60. The number of anilines is 1. The first-order valence-electron chi connectivity index (χ1n) is 11.7. The Hall–Kier alpha value is -4.46. The second-order valence-electron chi connectivity index (χ2n) is 8.62. The molecule has 0 aliphatic carbocycles. The smallest absolute Gasteiger partial charge is 0.343 e. The molecule has 1 aromatic heterocycles. The number of carbonyl (C=O) groups is 4. The number of fused-ring (bicyclic) bond motifs is 3. The van der Waals surface area contributed by atoms with Gasteiger partial charge in [0, 0.05) is 41.7 Å². The number of nitrogens with zero attached hydrogens (tertiary/aromatic N) is 2. The number of esters is 2. The maximum Gasteiger partial charge on any atom is 0.343 e. The zero-order chi connectivity index (χ0) is 25.6. The number of aryl methyl sites for hydroxylation is 1. The summed E-state index contributed by atoms with van der Waals surface area (Å²) in [5.74, 6) is -1.40. The molecule has 8 heteroatoms. The van der Waals surface area contributed by atoms with E-state index in [4.69, 9.17) is 9.47 Å². The maximum atomic E-state index is 13.2. The van der Waals surface area contributed by atoms with Crippen LogP contribution in [0.4, 0.5) is 5.69 Å². The van der Waals surface area contributed by atoms with Gasteiger partial charge in [0.1, 0.15) is 5.75 Å². The van der Waals surface area contributed by atoms with Gasteiger partial charge in [0.25, 0.3) is 0 Å². The number of aromatic nitrogens is 1. The van der Waals surface area contributed by atoms with Crippen LogP contribution in [0, 0.1) is 6.92 Å². The predicted octanol–water partition coefficient (Wildman–Crippen LogP) is 4.69. The average molecular weight is 485 g/mol. The molecule has 5 rings (SSSR count). The van der Waals surface area contributed by atoms with Crippen molar-refractivity contribution in [3.63, 3.8) is 0 Å². The number of hydrogen-bond acceptors (Lipinski definition) is 6. The van der Waals surface area contributed by atoms with Crippen LogP contribution in [0.2, 0.25) is 0 Å². The molecule has 1 fully saturated rings. The van der Waals surface area contributed by atoms with Crippen molar-refractivity contribution in [1.82, 2.24) is 4.57 Å². The van der Waals surface area contributed by atoms with Gasteiger partial charge in [-0.25, -0.2) is 9.59 Å². The van der Waals surface area contributed by atoms with Crippen molar-refractivity contribution in [1.29, 1.82) is 0 Å². The van der Waals surface area contributed by atoms with Crippen LogP contribution >= 0.6 is 0 Å². The molecule has 182 valence electrons. The molecule has 2 heterocycles. The van der Waals surface area contributed by atoms with E-state index in [2.05, 4.69) is 0 Å². The highest BCUT2D eigenvalue weighted by molar-refractivity contribution is 6.20. The highest BCUT2D eigenvalue weighted by atomic mass is 16.5. The van der Waals surface area contributed by atoms with Crippen molar-refractivity contribution < 1.29 is 28.7 Å². The zero-order valence-corrected chi connectivity index (χ0v) is 20.2. The zero-order valence-electron chi connectivity index (χ0n) is 20.2. The molecule has 2 amide bonds. The molecule has 0 atom stereocenters. The largest absolute Gasteiger partial charge is 0.462 e. The first-order valence-corrected chi connectivity index (χ1v) is 11.7. The van der Waals surface area contributed by atoms with Crippen molar-refractivity contribution in [2.45, 2.75) is 26.7 Å². The molecule has 1 aliphatic heterocycles. The van der Waals surface area contributed by atoms with E-state index >= 15 is 0 Å². The van der Waals surface area contributed by atoms with Crippen LogP contribution in [0.1, 0.15) is 46.2 Å². The molecule has 0 spiro atoms. The number of hydrogen-bond donors (Lipinski definition) is 0. The number of amides is 2. The molecule has 36 heavy (non-hydrogen) atoms. The van der Waals surface area contributed by atoms with E-state index in [9.17, 15) is 19.2 Å². The summed E-state index contributed by atoms with van der Waals surface area (Å²) in [4.78, 5) is 51.4. The molecule has 0 bridgehead atoms.